The first-order valence-electron chi connectivity index (χ1n) is 5.38. The summed E-state index contributed by atoms with van der Waals surface area (Å²) < 4.78 is 0. The minimum Gasteiger partial charge on any atom is -0.0853 e. The van der Waals surface area contributed by atoms with Crippen LogP contribution in [-0.2, 0) is 0 Å². The van der Waals surface area contributed by atoms with E-state index < -0.39 is 0 Å². The molecule has 2 unspecified atom stereocenters. The summed E-state index contributed by atoms with van der Waals surface area (Å²) in [5.74, 6) is 2.12. The maximum atomic E-state index is 6.08. The molecule has 0 spiro atoms. The van der Waals surface area contributed by atoms with Gasteiger partial charge in [-0.1, -0.05) is 45.2 Å². The van der Waals surface area contributed by atoms with Crippen LogP contribution >= 0.6 is 0 Å². The molecule has 2 atom stereocenters. The molecule has 0 aromatic carbocycles. The van der Waals surface area contributed by atoms with Crippen LogP contribution in [0.2, 0.25) is 5.31 Å². The van der Waals surface area contributed by atoms with Crippen LogP contribution in [0.4, 0.5) is 0 Å². The Morgan fingerprint density at radius 1 is 1.23 bits per heavy atom. The Hall–Kier alpha value is -0.195. The highest BCUT2D eigenvalue weighted by Crippen LogP contribution is 2.40. The normalized spacial score (nSPS) is 29.6. The fourth-order valence-corrected chi connectivity index (χ4v) is 2.02. The highest BCUT2D eigenvalue weighted by atomic mass is 14.3. The van der Waals surface area contributed by atoms with Crippen LogP contribution in [0.15, 0.2) is 12.2 Å². The zero-order valence-corrected chi connectivity index (χ0v) is 9.38. The Morgan fingerprint density at radius 3 is 2.15 bits per heavy atom. The second-order valence-corrected chi connectivity index (χ2v) is 5.30. The standard InChI is InChI=1S/C12H21B/c1-9(2)10-5-7-11(8-6-10)12(3,4)13/h5,7,9-11H,6,8H2,1-4H3. The molecule has 0 fully saturated rings. The lowest BCUT2D eigenvalue weighted by Crippen LogP contribution is -2.21. The molecule has 0 nitrogen and oxygen atoms in total. The second-order valence-electron chi connectivity index (χ2n) is 5.30. The van der Waals surface area contributed by atoms with Crippen LogP contribution in [0, 0.1) is 17.8 Å². The molecule has 0 amide bonds. The van der Waals surface area contributed by atoms with Gasteiger partial charge in [-0.2, -0.15) is 0 Å². The van der Waals surface area contributed by atoms with Gasteiger partial charge >= 0.3 is 0 Å². The van der Waals surface area contributed by atoms with Crippen LogP contribution in [0.5, 0.6) is 0 Å². The predicted octanol–water partition coefficient (Wildman–Crippen LogP) is 3.59. The molecule has 0 aromatic rings. The molecule has 1 heteroatoms. The number of hydrogen-bond acceptors (Lipinski definition) is 0. The van der Waals surface area contributed by atoms with Gasteiger partial charge in [0, 0.05) is 0 Å². The fourth-order valence-electron chi connectivity index (χ4n) is 2.02. The van der Waals surface area contributed by atoms with Crippen molar-refractivity contribution in [2.45, 2.75) is 45.9 Å². The van der Waals surface area contributed by atoms with E-state index in [1.165, 1.54) is 12.8 Å². The van der Waals surface area contributed by atoms with Gasteiger partial charge in [0.15, 0.2) is 0 Å². The molecular formula is C12H21B. The Labute approximate surface area is 84.2 Å². The monoisotopic (exact) mass is 176 g/mol. The largest absolute Gasteiger partial charge is 0.0853 e. The molecule has 1 aliphatic rings. The maximum absolute atomic E-state index is 6.08. The second kappa shape index (κ2) is 3.90. The Morgan fingerprint density at radius 2 is 1.85 bits per heavy atom. The quantitative estimate of drug-likeness (QED) is 0.445. The maximum Gasteiger partial charge on any atom is 0.0746 e. The van der Waals surface area contributed by atoms with Gasteiger partial charge in [0.25, 0.3) is 0 Å². The van der Waals surface area contributed by atoms with Crippen molar-refractivity contribution < 1.29 is 0 Å². The molecule has 1 aliphatic carbocycles. The summed E-state index contributed by atoms with van der Waals surface area (Å²) >= 11 is 0. The molecular weight excluding hydrogens is 155 g/mol. The van der Waals surface area contributed by atoms with Crippen LogP contribution in [0.25, 0.3) is 0 Å². The van der Waals surface area contributed by atoms with Crippen LogP contribution in [-0.4, -0.2) is 7.85 Å². The third-order valence-electron chi connectivity index (χ3n) is 3.21. The summed E-state index contributed by atoms with van der Waals surface area (Å²) in [5.41, 5.74) is 0. The SMILES string of the molecule is [B]C(C)(C)C1C=CC(C(C)C)CC1. The molecule has 0 bridgehead atoms. The van der Waals surface area contributed by atoms with E-state index in [4.69, 9.17) is 7.85 Å². The highest BCUT2D eigenvalue weighted by molar-refractivity contribution is 6.14. The van der Waals surface area contributed by atoms with E-state index in [1.807, 2.05) is 0 Å². The lowest BCUT2D eigenvalue weighted by molar-refractivity contribution is 0.340. The lowest BCUT2D eigenvalue weighted by atomic mass is 9.60. The summed E-state index contributed by atoms with van der Waals surface area (Å²) in [4.78, 5) is 0. The Balaban J connectivity index is 2.57. The van der Waals surface area contributed by atoms with Gasteiger partial charge < -0.3 is 0 Å². The van der Waals surface area contributed by atoms with Crippen molar-refractivity contribution in [1.82, 2.24) is 0 Å². The summed E-state index contributed by atoms with van der Waals surface area (Å²) in [5, 5.41) is -0.0432. The third-order valence-corrected chi connectivity index (χ3v) is 3.21. The van der Waals surface area contributed by atoms with Crippen molar-refractivity contribution in [3.8, 4) is 0 Å². The molecule has 0 saturated carbocycles. The fraction of sp³-hybridized carbons (Fsp3) is 0.833. The molecule has 0 saturated heterocycles. The molecule has 0 aromatic heterocycles. The number of allylic oxidation sites excluding steroid dienone is 2. The average molecular weight is 176 g/mol. The first kappa shape index (κ1) is 10.9. The van der Waals surface area contributed by atoms with Gasteiger partial charge in [0.05, 0.1) is 7.85 Å². The summed E-state index contributed by atoms with van der Waals surface area (Å²) in [6.45, 7) is 8.83. The van der Waals surface area contributed by atoms with E-state index in [1.54, 1.807) is 0 Å². The van der Waals surface area contributed by atoms with E-state index in [0.29, 0.717) is 5.92 Å². The number of rotatable bonds is 2. The molecule has 72 valence electrons. The minimum atomic E-state index is -0.0432. The summed E-state index contributed by atoms with van der Waals surface area (Å²) in [6.07, 6.45) is 7.25. The van der Waals surface area contributed by atoms with Gasteiger partial charge in [-0.3, -0.25) is 0 Å². The molecule has 1 rings (SSSR count). The zero-order chi connectivity index (χ0) is 10.1. The summed E-state index contributed by atoms with van der Waals surface area (Å²) in [7, 11) is 6.08. The first-order valence-corrected chi connectivity index (χ1v) is 5.38. The average Bonchev–Trinajstić information content (AvgIpc) is 2.03. The van der Waals surface area contributed by atoms with Crippen molar-refractivity contribution in [2.75, 3.05) is 0 Å². The molecule has 0 heterocycles. The first-order chi connectivity index (χ1) is 5.91. The van der Waals surface area contributed by atoms with Crippen molar-refractivity contribution in [2.24, 2.45) is 17.8 Å². The zero-order valence-electron chi connectivity index (χ0n) is 9.38. The van der Waals surface area contributed by atoms with Crippen molar-refractivity contribution in [3.05, 3.63) is 12.2 Å². The van der Waals surface area contributed by atoms with Gasteiger partial charge in [0.2, 0.25) is 0 Å². The van der Waals surface area contributed by atoms with Crippen LogP contribution < -0.4 is 0 Å². The molecule has 2 radical (unpaired) electrons. The predicted molar refractivity (Wildman–Crippen MR) is 60.0 cm³/mol. The van der Waals surface area contributed by atoms with Gasteiger partial charge in [0.1, 0.15) is 0 Å². The minimum absolute atomic E-state index is 0.0432. The topological polar surface area (TPSA) is 0 Å². The van der Waals surface area contributed by atoms with Crippen LogP contribution in [0.1, 0.15) is 40.5 Å². The van der Waals surface area contributed by atoms with E-state index in [2.05, 4.69) is 39.8 Å². The van der Waals surface area contributed by atoms with Crippen molar-refractivity contribution in [1.29, 1.82) is 0 Å². The Kier molecular flexibility index (Phi) is 3.26. The van der Waals surface area contributed by atoms with Gasteiger partial charge in [-0.05, 0) is 30.6 Å². The third kappa shape index (κ3) is 2.89. The Bertz CT molecular complexity index is 186. The highest BCUT2D eigenvalue weighted by Gasteiger charge is 2.26. The summed E-state index contributed by atoms with van der Waals surface area (Å²) in [6, 6.07) is 0. The number of hydrogen-bond donors (Lipinski definition) is 0. The molecule has 13 heavy (non-hydrogen) atoms. The van der Waals surface area contributed by atoms with E-state index in [9.17, 15) is 0 Å². The van der Waals surface area contributed by atoms with Gasteiger partial charge in [-0.15, -0.1) is 0 Å². The van der Waals surface area contributed by atoms with E-state index in [-0.39, 0.29) is 5.31 Å². The van der Waals surface area contributed by atoms with Crippen molar-refractivity contribution in [3.63, 3.8) is 0 Å². The van der Waals surface area contributed by atoms with E-state index >= 15 is 0 Å². The van der Waals surface area contributed by atoms with Gasteiger partial charge in [-0.25, -0.2) is 0 Å². The lowest BCUT2D eigenvalue weighted by Gasteiger charge is -2.34. The van der Waals surface area contributed by atoms with E-state index in [0.717, 1.165) is 11.8 Å². The van der Waals surface area contributed by atoms with Crippen LogP contribution in [0.3, 0.4) is 0 Å². The van der Waals surface area contributed by atoms with Crippen molar-refractivity contribution >= 4 is 7.85 Å². The smallest absolute Gasteiger partial charge is 0.0746 e. The molecule has 0 N–H and O–H groups in total. The molecule has 0 aliphatic heterocycles.